The van der Waals surface area contributed by atoms with Gasteiger partial charge in [0.15, 0.2) is 0 Å². The van der Waals surface area contributed by atoms with Crippen molar-refractivity contribution in [2.45, 2.75) is 33.2 Å². The molecular weight excluding hydrogens is 220 g/mol. The Morgan fingerprint density at radius 2 is 1.72 bits per heavy atom. The van der Waals surface area contributed by atoms with Crippen molar-refractivity contribution in [3.8, 4) is 0 Å². The number of piperazine rings is 1. The van der Waals surface area contributed by atoms with E-state index < -0.39 is 0 Å². The van der Waals surface area contributed by atoms with E-state index in [0.717, 1.165) is 13.1 Å². The fourth-order valence-electron chi connectivity index (χ4n) is 2.77. The van der Waals surface area contributed by atoms with E-state index >= 15 is 0 Å². The van der Waals surface area contributed by atoms with Gasteiger partial charge in [0.2, 0.25) is 0 Å². The molecule has 1 aliphatic rings. The molecule has 1 fully saturated rings. The maximum atomic E-state index is 3.44. The average Bonchev–Trinajstić information content (AvgIpc) is 2.38. The van der Waals surface area contributed by atoms with Gasteiger partial charge < -0.3 is 5.32 Å². The molecule has 0 aromatic heterocycles. The molecule has 1 N–H and O–H groups in total. The molecule has 0 saturated carbocycles. The molecule has 2 nitrogen and oxygen atoms in total. The third kappa shape index (κ3) is 3.56. The first kappa shape index (κ1) is 13.6. The molecule has 1 unspecified atom stereocenters. The molecule has 100 valence electrons. The predicted octanol–water partition coefficient (Wildman–Crippen LogP) is 2.47. The molecule has 0 bridgehead atoms. The van der Waals surface area contributed by atoms with Gasteiger partial charge in [0.25, 0.3) is 0 Å². The van der Waals surface area contributed by atoms with Crippen molar-refractivity contribution in [3.05, 3.63) is 35.4 Å². The quantitative estimate of drug-likeness (QED) is 0.878. The minimum atomic E-state index is 0.676. The second-order valence-electron chi connectivity index (χ2n) is 5.79. The highest BCUT2D eigenvalue weighted by atomic mass is 15.2. The van der Waals surface area contributed by atoms with E-state index in [1.54, 1.807) is 0 Å². The zero-order valence-electron chi connectivity index (χ0n) is 11.9. The lowest BCUT2D eigenvalue weighted by Crippen LogP contribution is -2.50. The zero-order valence-corrected chi connectivity index (χ0v) is 11.9. The predicted molar refractivity (Wildman–Crippen MR) is 78.0 cm³/mol. The first-order valence-corrected chi connectivity index (χ1v) is 7.17. The van der Waals surface area contributed by atoms with Crippen LogP contribution in [0.25, 0.3) is 0 Å². The van der Waals surface area contributed by atoms with Crippen molar-refractivity contribution < 1.29 is 0 Å². The van der Waals surface area contributed by atoms with Crippen molar-refractivity contribution in [1.82, 2.24) is 10.2 Å². The van der Waals surface area contributed by atoms with Gasteiger partial charge in [-0.25, -0.2) is 0 Å². The molecular formula is C16H26N2. The van der Waals surface area contributed by atoms with Gasteiger partial charge >= 0.3 is 0 Å². The van der Waals surface area contributed by atoms with Gasteiger partial charge in [0, 0.05) is 32.2 Å². The lowest BCUT2D eigenvalue weighted by atomic mass is 9.94. The summed E-state index contributed by atoms with van der Waals surface area (Å²) in [6, 6.07) is 9.70. The zero-order chi connectivity index (χ0) is 13.0. The number of hydrogen-bond acceptors (Lipinski definition) is 2. The number of nitrogens with zero attached hydrogens (tertiary/aromatic N) is 1. The Labute approximate surface area is 111 Å². The van der Waals surface area contributed by atoms with Gasteiger partial charge in [-0.05, 0) is 24.8 Å². The van der Waals surface area contributed by atoms with Crippen LogP contribution < -0.4 is 5.32 Å². The van der Waals surface area contributed by atoms with Gasteiger partial charge in [-0.1, -0.05) is 43.7 Å². The van der Waals surface area contributed by atoms with Crippen molar-refractivity contribution in [2.75, 3.05) is 26.2 Å². The van der Waals surface area contributed by atoms with Gasteiger partial charge in [-0.3, -0.25) is 4.90 Å². The first-order valence-electron chi connectivity index (χ1n) is 7.17. The summed E-state index contributed by atoms with van der Waals surface area (Å²) in [5.74, 6) is 0.712. The summed E-state index contributed by atoms with van der Waals surface area (Å²) in [6.45, 7) is 11.5. The van der Waals surface area contributed by atoms with Crippen molar-refractivity contribution in [3.63, 3.8) is 0 Å². The Bertz CT molecular complexity index is 350. The monoisotopic (exact) mass is 246 g/mol. The Morgan fingerprint density at radius 3 is 2.28 bits per heavy atom. The molecule has 0 aliphatic carbocycles. The smallest absolute Gasteiger partial charge is 0.0160 e. The third-order valence-electron chi connectivity index (χ3n) is 3.96. The molecule has 1 aromatic carbocycles. The number of benzene rings is 1. The fraction of sp³-hybridized carbons (Fsp3) is 0.625. The maximum Gasteiger partial charge on any atom is 0.0160 e. The molecule has 2 rings (SSSR count). The SMILES string of the molecule is Cc1ccc(CC(C(C)C)N2CCNCC2)cc1. The molecule has 1 aliphatic heterocycles. The van der Waals surface area contributed by atoms with E-state index in [4.69, 9.17) is 0 Å². The van der Waals surface area contributed by atoms with E-state index in [-0.39, 0.29) is 0 Å². The van der Waals surface area contributed by atoms with Crippen LogP contribution >= 0.6 is 0 Å². The van der Waals surface area contributed by atoms with Crippen LogP contribution in [0.5, 0.6) is 0 Å². The van der Waals surface area contributed by atoms with Gasteiger partial charge in [0.1, 0.15) is 0 Å². The highest BCUT2D eigenvalue weighted by Crippen LogP contribution is 2.17. The Hall–Kier alpha value is -0.860. The van der Waals surface area contributed by atoms with Crippen molar-refractivity contribution in [1.29, 1.82) is 0 Å². The summed E-state index contributed by atoms with van der Waals surface area (Å²) in [7, 11) is 0. The minimum Gasteiger partial charge on any atom is -0.314 e. The molecule has 1 saturated heterocycles. The third-order valence-corrected chi connectivity index (χ3v) is 3.96. The average molecular weight is 246 g/mol. The summed E-state index contributed by atoms with van der Waals surface area (Å²) in [5.41, 5.74) is 2.82. The lowest BCUT2D eigenvalue weighted by Gasteiger charge is -2.37. The van der Waals surface area contributed by atoms with E-state index in [1.807, 2.05) is 0 Å². The van der Waals surface area contributed by atoms with Crippen molar-refractivity contribution in [2.24, 2.45) is 5.92 Å². The lowest BCUT2D eigenvalue weighted by molar-refractivity contribution is 0.136. The van der Waals surface area contributed by atoms with Crippen LogP contribution in [0.4, 0.5) is 0 Å². The fourth-order valence-corrected chi connectivity index (χ4v) is 2.77. The Kier molecular flexibility index (Phi) is 4.79. The Balaban J connectivity index is 2.03. The Morgan fingerprint density at radius 1 is 1.11 bits per heavy atom. The van der Waals surface area contributed by atoms with E-state index in [2.05, 4.69) is 55.3 Å². The highest BCUT2D eigenvalue weighted by molar-refractivity contribution is 5.22. The summed E-state index contributed by atoms with van der Waals surface area (Å²) in [4.78, 5) is 2.65. The van der Waals surface area contributed by atoms with Crippen LogP contribution in [0.3, 0.4) is 0 Å². The van der Waals surface area contributed by atoms with Crippen LogP contribution in [-0.2, 0) is 6.42 Å². The molecule has 0 spiro atoms. The van der Waals surface area contributed by atoms with Gasteiger partial charge in [-0.15, -0.1) is 0 Å². The van der Waals surface area contributed by atoms with Gasteiger partial charge in [0.05, 0.1) is 0 Å². The topological polar surface area (TPSA) is 15.3 Å². The summed E-state index contributed by atoms with van der Waals surface area (Å²) >= 11 is 0. The van der Waals surface area contributed by atoms with E-state index in [9.17, 15) is 0 Å². The van der Waals surface area contributed by atoms with Crippen LogP contribution in [0.2, 0.25) is 0 Å². The van der Waals surface area contributed by atoms with Crippen LogP contribution in [0, 0.1) is 12.8 Å². The standard InChI is InChI=1S/C16H26N2/c1-13(2)16(18-10-8-17-9-11-18)12-15-6-4-14(3)5-7-15/h4-7,13,16-17H,8-12H2,1-3H3. The van der Waals surface area contributed by atoms with Crippen molar-refractivity contribution >= 4 is 0 Å². The van der Waals surface area contributed by atoms with E-state index in [1.165, 1.54) is 30.6 Å². The second-order valence-corrected chi connectivity index (χ2v) is 5.79. The number of aryl methyl sites for hydroxylation is 1. The summed E-state index contributed by atoms with van der Waals surface area (Å²) in [6.07, 6.45) is 1.18. The summed E-state index contributed by atoms with van der Waals surface area (Å²) < 4.78 is 0. The van der Waals surface area contributed by atoms with Gasteiger partial charge in [-0.2, -0.15) is 0 Å². The van der Waals surface area contributed by atoms with Crippen LogP contribution in [0.15, 0.2) is 24.3 Å². The molecule has 0 radical (unpaired) electrons. The van der Waals surface area contributed by atoms with E-state index in [0.29, 0.717) is 12.0 Å². The van der Waals surface area contributed by atoms with Crippen LogP contribution in [0.1, 0.15) is 25.0 Å². The number of hydrogen-bond donors (Lipinski definition) is 1. The molecule has 1 heterocycles. The molecule has 18 heavy (non-hydrogen) atoms. The minimum absolute atomic E-state index is 0.676. The second kappa shape index (κ2) is 6.35. The summed E-state index contributed by atoms with van der Waals surface area (Å²) in [5, 5.41) is 3.44. The molecule has 1 aromatic rings. The highest BCUT2D eigenvalue weighted by Gasteiger charge is 2.23. The normalized spacial score (nSPS) is 19.1. The number of nitrogens with one attached hydrogen (secondary N) is 1. The molecule has 0 amide bonds. The largest absolute Gasteiger partial charge is 0.314 e. The van der Waals surface area contributed by atoms with Crippen LogP contribution in [-0.4, -0.2) is 37.1 Å². The number of rotatable bonds is 4. The first-order chi connectivity index (χ1) is 8.66. The molecule has 2 heteroatoms. The maximum absolute atomic E-state index is 3.44. The molecule has 1 atom stereocenters.